The molecule has 0 radical (unpaired) electrons. The van der Waals surface area contributed by atoms with Gasteiger partial charge >= 0.3 is 0 Å². The van der Waals surface area contributed by atoms with Crippen LogP contribution in [0.15, 0.2) is 35.2 Å². The minimum absolute atomic E-state index is 0.0307. The van der Waals surface area contributed by atoms with Gasteiger partial charge in [-0.15, -0.1) is 0 Å². The fourth-order valence-electron chi connectivity index (χ4n) is 5.14. The fraction of sp³-hybridized carbons (Fsp3) is 0.458. The van der Waals surface area contributed by atoms with Crippen molar-refractivity contribution in [2.75, 3.05) is 31.6 Å². The third-order valence-corrected chi connectivity index (χ3v) is 9.55. The Bertz CT molecular complexity index is 1270. The van der Waals surface area contributed by atoms with Crippen molar-refractivity contribution in [3.05, 3.63) is 51.8 Å². The lowest BCUT2D eigenvalue weighted by Crippen LogP contribution is -2.55. The summed E-state index contributed by atoms with van der Waals surface area (Å²) >= 11 is 12.4. The Kier molecular flexibility index (Phi) is 6.40. The van der Waals surface area contributed by atoms with Gasteiger partial charge in [0.15, 0.2) is 5.75 Å². The number of carbonyl (C=O) groups excluding carboxylic acids is 1. The molecule has 2 aliphatic heterocycles. The maximum Gasteiger partial charge on any atom is 0.255 e. The van der Waals surface area contributed by atoms with Gasteiger partial charge in [0.05, 0.1) is 26.2 Å². The number of likely N-dealkylation sites (tertiary alicyclic amines) is 1. The van der Waals surface area contributed by atoms with E-state index >= 15 is 0 Å². The number of anilines is 1. The van der Waals surface area contributed by atoms with Gasteiger partial charge in [-0.05, 0) is 61.9 Å². The number of sulfonamides is 1. The van der Waals surface area contributed by atoms with Crippen LogP contribution >= 0.6 is 23.2 Å². The molecule has 3 aliphatic rings. The molecule has 2 aromatic carbocycles. The summed E-state index contributed by atoms with van der Waals surface area (Å²) in [6.45, 7) is 1.17. The summed E-state index contributed by atoms with van der Waals surface area (Å²) in [5.74, 6) is -0.583. The van der Waals surface area contributed by atoms with E-state index in [1.165, 1.54) is 28.6 Å². The molecule has 188 valence electrons. The van der Waals surface area contributed by atoms with Crippen LogP contribution in [0.1, 0.15) is 36.0 Å². The average Bonchev–Trinajstić information content (AvgIpc) is 3.58. The summed E-state index contributed by atoms with van der Waals surface area (Å²) in [6, 6.07) is 6.20. The second kappa shape index (κ2) is 9.10. The smallest absolute Gasteiger partial charge is 0.255 e. The highest BCUT2D eigenvalue weighted by Gasteiger charge is 2.43. The van der Waals surface area contributed by atoms with Crippen molar-refractivity contribution in [2.45, 2.75) is 42.7 Å². The molecule has 2 bridgehead atoms. The average molecular weight is 542 g/mol. The molecule has 0 unspecified atom stereocenters. The molecular weight excluding hydrogens is 516 g/mol. The van der Waals surface area contributed by atoms with Crippen LogP contribution in [0.4, 0.5) is 10.1 Å². The van der Waals surface area contributed by atoms with Crippen LogP contribution < -0.4 is 4.90 Å². The lowest BCUT2D eigenvalue weighted by Gasteiger charge is -2.43. The number of fused-ring (bicyclic) bond motifs is 2. The second-order valence-electron chi connectivity index (χ2n) is 9.63. The predicted octanol–water partition coefficient (Wildman–Crippen LogP) is 4.36. The van der Waals surface area contributed by atoms with Crippen molar-refractivity contribution in [1.29, 1.82) is 0 Å². The number of phenols is 1. The van der Waals surface area contributed by atoms with Crippen LogP contribution in [0, 0.1) is 11.7 Å². The number of carbonyl (C=O) groups is 1. The highest BCUT2D eigenvalue weighted by molar-refractivity contribution is 7.89. The molecule has 2 saturated heterocycles. The molecule has 7 nitrogen and oxygen atoms in total. The van der Waals surface area contributed by atoms with Crippen molar-refractivity contribution in [3.63, 3.8) is 0 Å². The van der Waals surface area contributed by atoms with Gasteiger partial charge in [-0.1, -0.05) is 23.2 Å². The lowest BCUT2D eigenvalue weighted by molar-refractivity contribution is 0.0718. The number of halogens is 3. The van der Waals surface area contributed by atoms with E-state index in [-0.39, 0.29) is 44.2 Å². The Morgan fingerprint density at radius 1 is 1.09 bits per heavy atom. The topological polar surface area (TPSA) is 81.2 Å². The SMILES string of the molecule is CN(CC1CC1)S(=O)(=O)c1cc(Cl)c(O)c(N2[C@@H]3CC[C@H]2CN(C(=O)c2ccc(F)cc2Cl)C3)c1. The Morgan fingerprint density at radius 2 is 1.74 bits per heavy atom. The molecule has 3 fully saturated rings. The molecule has 0 spiro atoms. The van der Waals surface area contributed by atoms with E-state index in [1.807, 2.05) is 4.90 Å². The van der Waals surface area contributed by atoms with Gasteiger partial charge in [0, 0.05) is 38.8 Å². The van der Waals surface area contributed by atoms with Crippen LogP contribution in [-0.2, 0) is 10.0 Å². The second-order valence-corrected chi connectivity index (χ2v) is 12.5. The summed E-state index contributed by atoms with van der Waals surface area (Å²) in [4.78, 5) is 16.8. The largest absolute Gasteiger partial charge is 0.504 e. The molecule has 11 heteroatoms. The minimum atomic E-state index is -3.78. The van der Waals surface area contributed by atoms with Gasteiger partial charge in [-0.25, -0.2) is 17.1 Å². The van der Waals surface area contributed by atoms with Gasteiger partial charge < -0.3 is 14.9 Å². The first-order valence-electron chi connectivity index (χ1n) is 11.6. The number of aromatic hydroxyl groups is 1. The third kappa shape index (κ3) is 4.59. The Balaban J connectivity index is 1.42. The van der Waals surface area contributed by atoms with Gasteiger partial charge in [-0.2, -0.15) is 0 Å². The Labute approximate surface area is 214 Å². The highest BCUT2D eigenvalue weighted by Crippen LogP contribution is 2.44. The number of rotatable bonds is 6. The number of benzene rings is 2. The molecule has 2 aromatic rings. The quantitative estimate of drug-likeness (QED) is 0.587. The minimum Gasteiger partial charge on any atom is -0.504 e. The van der Waals surface area contributed by atoms with Crippen molar-refractivity contribution in [2.24, 2.45) is 5.92 Å². The number of amides is 1. The molecule has 35 heavy (non-hydrogen) atoms. The first kappa shape index (κ1) is 24.6. The van der Waals surface area contributed by atoms with Crippen LogP contribution in [0.2, 0.25) is 10.0 Å². The first-order valence-corrected chi connectivity index (χ1v) is 13.8. The van der Waals surface area contributed by atoms with Gasteiger partial charge in [0.25, 0.3) is 5.91 Å². The van der Waals surface area contributed by atoms with Crippen molar-refractivity contribution >= 4 is 44.8 Å². The third-order valence-electron chi connectivity index (χ3n) is 7.15. The van der Waals surface area contributed by atoms with Gasteiger partial charge in [0.2, 0.25) is 10.0 Å². The molecule has 2 atom stereocenters. The van der Waals surface area contributed by atoms with E-state index in [0.717, 1.165) is 31.7 Å². The zero-order valence-electron chi connectivity index (χ0n) is 19.1. The normalized spacial score (nSPS) is 22.2. The summed E-state index contributed by atoms with van der Waals surface area (Å²) < 4.78 is 41.2. The molecule has 0 aromatic heterocycles. The van der Waals surface area contributed by atoms with E-state index in [4.69, 9.17) is 23.2 Å². The number of nitrogens with zero attached hydrogens (tertiary/aromatic N) is 3. The molecule has 1 N–H and O–H groups in total. The van der Waals surface area contributed by atoms with Crippen molar-refractivity contribution in [3.8, 4) is 5.75 Å². The predicted molar refractivity (Wildman–Crippen MR) is 132 cm³/mol. The summed E-state index contributed by atoms with van der Waals surface area (Å²) in [5.41, 5.74) is 0.592. The van der Waals surface area contributed by atoms with Crippen LogP contribution in [-0.4, -0.2) is 67.4 Å². The van der Waals surface area contributed by atoms with E-state index in [0.29, 0.717) is 31.2 Å². The molecule has 1 saturated carbocycles. The number of phenolic OH excluding ortho intramolecular Hbond substituents is 1. The fourth-order valence-corrected chi connectivity index (χ4v) is 6.97. The summed E-state index contributed by atoms with van der Waals surface area (Å²) in [5, 5.41) is 10.8. The maximum atomic E-state index is 13.4. The lowest BCUT2D eigenvalue weighted by atomic mass is 10.1. The van der Waals surface area contributed by atoms with E-state index in [2.05, 4.69) is 0 Å². The van der Waals surface area contributed by atoms with Crippen molar-refractivity contribution in [1.82, 2.24) is 9.21 Å². The molecule has 2 heterocycles. The Morgan fingerprint density at radius 3 is 2.34 bits per heavy atom. The van der Waals surface area contributed by atoms with E-state index in [1.54, 1.807) is 11.9 Å². The van der Waals surface area contributed by atoms with Crippen LogP contribution in [0.3, 0.4) is 0 Å². The van der Waals surface area contributed by atoms with Crippen LogP contribution in [0.5, 0.6) is 5.75 Å². The number of hydrogen-bond donors (Lipinski definition) is 1. The van der Waals surface area contributed by atoms with Crippen molar-refractivity contribution < 1.29 is 22.7 Å². The molecule has 1 aliphatic carbocycles. The zero-order valence-corrected chi connectivity index (χ0v) is 21.5. The maximum absolute atomic E-state index is 13.4. The number of piperazine rings is 1. The van der Waals surface area contributed by atoms with Gasteiger partial charge in [-0.3, -0.25) is 4.79 Å². The molecular formula is C24H26Cl2FN3O4S. The standard InChI is InChI=1S/C24H26Cl2FN3O4S/c1-28(11-14-2-3-14)35(33,34)18-9-21(26)23(31)22(10-18)30-16-5-6-17(30)13-29(12-16)24(32)19-7-4-15(27)8-20(19)25/h4,7-10,14,16-17,31H,2-3,5-6,11-13H2,1H3/t16-,17+. The monoisotopic (exact) mass is 541 g/mol. The molecule has 5 rings (SSSR count). The van der Waals surface area contributed by atoms with E-state index in [9.17, 15) is 22.7 Å². The summed E-state index contributed by atoms with van der Waals surface area (Å²) in [7, 11) is -2.22. The highest BCUT2D eigenvalue weighted by atomic mass is 35.5. The summed E-state index contributed by atoms with van der Waals surface area (Å²) in [6.07, 6.45) is 3.58. The van der Waals surface area contributed by atoms with Crippen LogP contribution in [0.25, 0.3) is 0 Å². The first-order chi connectivity index (χ1) is 16.6. The number of hydrogen-bond acceptors (Lipinski definition) is 5. The Hall–Kier alpha value is -2.07. The zero-order chi connectivity index (χ0) is 25.1. The van der Waals surface area contributed by atoms with E-state index < -0.39 is 15.8 Å². The molecule has 1 amide bonds. The van der Waals surface area contributed by atoms with Gasteiger partial charge in [0.1, 0.15) is 5.82 Å².